The van der Waals surface area contributed by atoms with Crippen molar-refractivity contribution in [2.75, 3.05) is 20.8 Å². The Kier molecular flexibility index (Phi) is 5.44. The Labute approximate surface area is 175 Å². The first-order chi connectivity index (χ1) is 14.5. The molecule has 0 spiro atoms. The Morgan fingerprint density at radius 1 is 0.900 bits per heavy atom. The highest BCUT2D eigenvalue weighted by Gasteiger charge is 2.29. The summed E-state index contributed by atoms with van der Waals surface area (Å²) >= 11 is 0. The van der Waals surface area contributed by atoms with Gasteiger partial charge in [-0.2, -0.15) is 0 Å². The first-order valence-corrected chi connectivity index (χ1v) is 9.95. The largest absolute Gasteiger partial charge is 0.493 e. The van der Waals surface area contributed by atoms with Crippen LogP contribution in [0.25, 0.3) is 0 Å². The fraction of sp³-hybridized carbons (Fsp3) is 0.348. The van der Waals surface area contributed by atoms with Gasteiger partial charge in [0.1, 0.15) is 0 Å². The van der Waals surface area contributed by atoms with Gasteiger partial charge in [0.2, 0.25) is 11.8 Å². The van der Waals surface area contributed by atoms with Crippen LogP contribution in [0, 0.1) is 0 Å². The van der Waals surface area contributed by atoms with Crippen molar-refractivity contribution >= 4 is 17.7 Å². The second-order valence-electron chi connectivity index (χ2n) is 7.52. The van der Waals surface area contributed by atoms with E-state index in [-0.39, 0.29) is 37.1 Å². The van der Waals surface area contributed by atoms with E-state index in [0.29, 0.717) is 30.2 Å². The number of fused-ring (bicyclic) bond motifs is 1. The first-order valence-electron chi connectivity index (χ1n) is 9.95. The maximum Gasteiger partial charge on any atom is 0.254 e. The van der Waals surface area contributed by atoms with E-state index in [1.165, 1.54) is 4.90 Å². The van der Waals surface area contributed by atoms with Crippen molar-refractivity contribution in [1.82, 2.24) is 9.80 Å². The van der Waals surface area contributed by atoms with Gasteiger partial charge in [0.05, 0.1) is 20.8 Å². The SMILES string of the molecule is COc1cc2c(cc1OC)CN(C(=O)c1ccc(CN3C(=O)CCC3=O)cc1)CC2. The number of ether oxygens (including phenoxy) is 2. The summed E-state index contributed by atoms with van der Waals surface area (Å²) in [6, 6.07) is 11.0. The van der Waals surface area contributed by atoms with E-state index in [1.807, 2.05) is 17.0 Å². The fourth-order valence-corrected chi connectivity index (χ4v) is 3.97. The summed E-state index contributed by atoms with van der Waals surface area (Å²) in [7, 11) is 3.21. The van der Waals surface area contributed by atoms with Crippen LogP contribution in [0.15, 0.2) is 36.4 Å². The van der Waals surface area contributed by atoms with Crippen molar-refractivity contribution in [2.24, 2.45) is 0 Å². The molecule has 7 heteroatoms. The highest BCUT2D eigenvalue weighted by atomic mass is 16.5. The Bertz CT molecular complexity index is 983. The van der Waals surface area contributed by atoms with Crippen LogP contribution in [0.3, 0.4) is 0 Å². The van der Waals surface area contributed by atoms with Crippen LogP contribution in [0.5, 0.6) is 11.5 Å². The van der Waals surface area contributed by atoms with E-state index in [2.05, 4.69) is 0 Å². The molecule has 30 heavy (non-hydrogen) atoms. The Morgan fingerprint density at radius 3 is 2.10 bits per heavy atom. The third kappa shape index (κ3) is 3.75. The summed E-state index contributed by atoms with van der Waals surface area (Å²) in [5.41, 5.74) is 3.62. The zero-order valence-electron chi connectivity index (χ0n) is 17.1. The molecule has 156 valence electrons. The molecule has 0 aliphatic carbocycles. The van der Waals surface area contributed by atoms with Gasteiger partial charge in [0, 0.05) is 31.5 Å². The topological polar surface area (TPSA) is 76.2 Å². The quantitative estimate of drug-likeness (QED) is 0.711. The molecule has 2 aromatic carbocycles. The van der Waals surface area contributed by atoms with Crippen LogP contribution >= 0.6 is 0 Å². The van der Waals surface area contributed by atoms with Crippen LogP contribution in [0.2, 0.25) is 0 Å². The lowest BCUT2D eigenvalue weighted by Crippen LogP contribution is -2.36. The van der Waals surface area contributed by atoms with Crippen molar-refractivity contribution in [3.63, 3.8) is 0 Å². The summed E-state index contributed by atoms with van der Waals surface area (Å²) in [5, 5.41) is 0. The molecule has 2 aromatic rings. The molecule has 2 aliphatic heterocycles. The molecule has 0 N–H and O–H groups in total. The van der Waals surface area contributed by atoms with E-state index in [4.69, 9.17) is 9.47 Å². The highest BCUT2D eigenvalue weighted by molar-refractivity contribution is 6.01. The van der Waals surface area contributed by atoms with E-state index < -0.39 is 0 Å². The summed E-state index contributed by atoms with van der Waals surface area (Å²) < 4.78 is 10.8. The molecule has 2 heterocycles. The van der Waals surface area contributed by atoms with Gasteiger partial charge in [-0.25, -0.2) is 0 Å². The smallest absolute Gasteiger partial charge is 0.254 e. The van der Waals surface area contributed by atoms with Crippen LogP contribution in [-0.2, 0) is 29.1 Å². The number of hydrogen-bond donors (Lipinski definition) is 0. The fourth-order valence-electron chi connectivity index (χ4n) is 3.97. The maximum absolute atomic E-state index is 13.0. The van der Waals surface area contributed by atoms with E-state index >= 15 is 0 Å². The third-order valence-corrected chi connectivity index (χ3v) is 5.70. The molecule has 0 saturated carbocycles. The number of nitrogens with zero attached hydrogens (tertiary/aromatic N) is 2. The second-order valence-corrected chi connectivity index (χ2v) is 7.52. The minimum atomic E-state index is -0.140. The minimum absolute atomic E-state index is 0.0460. The highest BCUT2D eigenvalue weighted by Crippen LogP contribution is 2.33. The maximum atomic E-state index is 13.0. The van der Waals surface area contributed by atoms with E-state index in [9.17, 15) is 14.4 Å². The molecule has 3 amide bonds. The minimum Gasteiger partial charge on any atom is -0.493 e. The average Bonchev–Trinajstić information content (AvgIpc) is 3.09. The van der Waals surface area contributed by atoms with E-state index in [0.717, 1.165) is 23.1 Å². The predicted molar refractivity (Wildman–Crippen MR) is 109 cm³/mol. The van der Waals surface area contributed by atoms with Gasteiger partial charge < -0.3 is 14.4 Å². The molecular formula is C23H24N2O5. The summed E-state index contributed by atoms with van der Waals surface area (Å²) in [5.74, 6) is 1.02. The lowest BCUT2D eigenvalue weighted by molar-refractivity contribution is -0.139. The Morgan fingerprint density at radius 2 is 1.50 bits per heavy atom. The average molecular weight is 408 g/mol. The van der Waals surface area contributed by atoms with Crippen LogP contribution in [0.1, 0.15) is 39.9 Å². The third-order valence-electron chi connectivity index (χ3n) is 5.70. The number of likely N-dealkylation sites (tertiary alicyclic amines) is 1. The zero-order valence-corrected chi connectivity index (χ0v) is 17.1. The van der Waals surface area contributed by atoms with E-state index in [1.54, 1.807) is 38.5 Å². The molecule has 0 radical (unpaired) electrons. The predicted octanol–water partition coefficient (Wildman–Crippen LogP) is 2.55. The van der Waals surface area contributed by atoms with Gasteiger partial charge in [-0.1, -0.05) is 12.1 Å². The van der Waals surface area contributed by atoms with Crippen molar-refractivity contribution in [1.29, 1.82) is 0 Å². The van der Waals surface area contributed by atoms with Crippen molar-refractivity contribution < 1.29 is 23.9 Å². The first kappa shape index (κ1) is 19.9. The lowest BCUT2D eigenvalue weighted by atomic mass is 9.98. The molecule has 4 rings (SSSR count). The molecule has 7 nitrogen and oxygen atoms in total. The molecule has 0 atom stereocenters. The Balaban J connectivity index is 1.46. The standard InChI is InChI=1S/C23H24N2O5/c1-29-19-11-17-9-10-24(14-18(17)12-20(19)30-2)23(28)16-5-3-15(4-6-16)13-25-21(26)7-8-22(25)27/h3-6,11-12H,7-10,13-14H2,1-2H3. The van der Waals surface area contributed by atoms with Gasteiger partial charge >= 0.3 is 0 Å². The zero-order chi connectivity index (χ0) is 21.3. The van der Waals surface area contributed by atoms with Crippen molar-refractivity contribution in [3.8, 4) is 11.5 Å². The molecule has 2 aliphatic rings. The number of rotatable bonds is 5. The van der Waals surface area contributed by atoms with Gasteiger partial charge in [0.15, 0.2) is 11.5 Å². The number of imide groups is 1. The molecule has 1 fully saturated rings. The number of methoxy groups -OCH3 is 2. The number of carbonyl (C=O) groups excluding carboxylic acids is 3. The summed E-state index contributed by atoms with van der Waals surface area (Å²) in [4.78, 5) is 39.7. The van der Waals surface area contributed by atoms with Crippen molar-refractivity contribution in [2.45, 2.75) is 32.4 Å². The monoisotopic (exact) mass is 408 g/mol. The normalized spacial score (nSPS) is 15.9. The molecule has 0 unspecified atom stereocenters. The van der Waals surface area contributed by atoms with Crippen molar-refractivity contribution in [3.05, 3.63) is 58.7 Å². The number of amides is 3. The molecule has 0 aromatic heterocycles. The van der Waals surface area contributed by atoms with Gasteiger partial charge in [-0.3, -0.25) is 19.3 Å². The lowest BCUT2D eigenvalue weighted by Gasteiger charge is -2.29. The molecule has 1 saturated heterocycles. The molecule has 0 bridgehead atoms. The summed E-state index contributed by atoms with van der Waals surface area (Å²) in [6.07, 6.45) is 1.31. The van der Waals surface area contributed by atoms with Crippen LogP contribution in [0.4, 0.5) is 0 Å². The van der Waals surface area contributed by atoms with Gasteiger partial charge in [0.25, 0.3) is 5.91 Å². The number of hydrogen-bond acceptors (Lipinski definition) is 5. The van der Waals surface area contributed by atoms with Crippen LogP contribution < -0.4 is 9.47 Å². The van der Waals surface area contributed by atoms with Crippen LogP contribution in [-0.4, -0.2) is 48.3 Å². The molecular weight excluding hydrogens is 384 g/mol. The number of benzene rings is 2. The summed E-state index contributed by atoms with van der Waals surface area (Å²) in [6.45, 7) is 1.39. The second kappa shape index (κ2) is 8.18. The van der Waals surface area contributed by atoms with Gasteiger partial charge in [-0.15, -0.1) is 0 Å². The number of carbonyl (C=O) groups is 3. The Hall–Kier alpha value is -3.35. The van der Waals surface area contributed by atoms with Gasteiger partial charge in [-0.05, 0) is 47.4 Å².